The summed E-state index contributed by atoms with van der Waals surface area (Å²) in [7, 11) is 0. The van der Waals surface area contributed by atoms with Crippen LogP contribution in [-0.2, 0) is 0 Å². The lowest BCUT2D eigenvalue weighted by atomic mass is 10.3. The molecule has 21 heavy (non-hydrogen) atoms. The highest BCUT2D eigenvalue weighted by atomic mass is 19.3. The molecule has 0 aliphatic rings. The van der Waals surface area contributed by atoms with Crippen molar-refractivity contribution in [3.63, 3.8) is 0 Å². The summed E-state index contributed by atoms with van der Waals surface area (Å²) < 4.78 is 25.4. The number of rotatable bonds is 8. The third-order valence-electron chi connectivity index (χ3n) is 2.85. The Kier molecular flexibility index (Phi) is 5.20. The molecule has 2 rings (SSSR count). The fourth-order valence-corrected chi connectivity index (χ4v) is 1.95. The van der Waals surface area contributed by atoms with Gasteiger partial charge in [-0.05, 0) is 6.42 Å². The molecule has 0 aromatic carbocycles. The second-order valence-electron chi connectivity index (χ2n) is 4.49. The first-order valence-electron chi connectivity index (χ1n) is 6.74. The molecule has 0 unspecified atom stereocenters. The van der Waals surface area contributed by atoms with Gasteiger partial charge in [0.2, 0.25) is 5.95 Å². The molecule has 2 aromatic rings. The van der Waals surface area contributed by atoms with E-state index < -0.39 is 13.0 Å². The summed E-state index contributed by atoms with van der Waals surface area (Å²) in [6, 6.07) is 0. The molecular formula is C12H18F2N6O. The van der Waals surface area contributed by atoms with Crippen LogP contribution < -0.4 is 10.2 Å². The number of alkyl halides is 2. The smallest absolute Gasteiger partial charge is 0.255 e. The second-order valence-corrected chi connectivity index (χ2v) is 4.49. The van der Waals surface area contributed by atoms with E-state index >= 15 is 0 Å². The predicted octanol–water partition coefficient (Wildman–Crippen LogP) is 1.24. The lowest BCUT2D eigenvalue weighted by Gasteiger charge is -2.23. The Morgan fingerprint density at radius 1 is 1.43 bits per heavy atom. The monoisotopic (exact) mass is 300 g/mol. The van der Waals surface area contributed by atoms with Gasteiger partial charge < -0.3 is 15.3 Å². The highest BCUT2D eigenvalue weighted by Crippen LogP contribution is 2.24. The maximum Gasteiger partial charge on any atom is 0.255 e. The number of aliphatic hydroxyl groups excluding tert-OH is 1. The Balaban J connectivity index is 2.39. The van der Waals surface area contributed by atoms with E-state index in [-0.39, 0.29) is 13.2 Å². The molecule has 0 saturated carbocycles. The number of aromatic nitrogens is 4. The lowest BCUT2D eigenvalue weighted by Crippen LogP contribution is -2.32. The van der Waals surface area contributed by atoms with Crippen molar-refractivity contribution in [3.05, 3.63) is 6.20 Å². The van der Waals surface area contributed by atoms with Gasteiger partial charge in [0, 0.05) is 13.1 Å². The summed E-state index contributed by atoms with van der Waals surface area (Å²) in [5, 5.41) is 19.2. The molecule has 7 nitrogen and oxygen atoms in total. The minimum absolute atomic E-state index is 0.0643. The van der Waals surface area contributed by atoms with Crippen LogP contribution in [0.5, 0.6) is 0 Å². The van der Waals surface area contributed by atoms with Crippen molar-refractivity contribution in [2.24, 2.45) is 0 Å². The zero-order valence-corrected chi connectivity index (χ0v) is 11.7. The molecule has 0 aliphatic heterocycles. The predicted molar refractivity (Wildman–Crippen MR) is 75.8 cm³/mol. The number of aliphatic hydroxyl groups is 1. The Morgan fingerprint density at radius 3 is 2.90 bits per heavy atom. The van der Waals surface area contributed by atoms with E-state index in [1.807, 2.05) is 6.92 Å². The quantitative estimate of drug-likeness (QED) is 0.679. The van der Waals surface area contributed by atoms with E-state index in [9.17, 15) is 8.78 Å². The van der Waals surface area contributed by atoms with Crippen LogP contribution in [0.25, 0.3) is 11.0 Å². The molecule has 0 atom stereocenters. The fraction of sp³-hybridized carbons (Fsp3) is 0.583. The van der Waals surface area contributed by atoms with E-state index in [0.29, 0.717) is 29.3 Å². The first-order chi connectivity index (χ1) is 10.2. The zero-order valence-electron chi connectivity index (χ0n) is 11.7. The van der Waals surface area contributed by atoms with Gasteiger partial charge in [-0.3, -0.25) is 5.10 Å². The number of H-pyrrole nitrogens is 1. The minimum atomic E-state index is -2.53. The van der Waals surface area contributed by atoms with Gasteiger partial charge in [0.1, 0.15) is 5.82 Å². The summed E-state index contributed by atoms with van der Waals surface area (Å²) in [5.74, 6) is 0.683. The highest BCUT2D eigenvalue weighted by Gasteiger charge is 2.19. The molecule has 0 fully saturated rings. The van der Waals surface area contributed by atoms with Crippen LogP contribution in [-0.4, -0.2) is 57.9 Å². The number of nitrogens with zero attached hydrogens (tertiary/aromatic N) is 4. The van der Waals surface area contributed by atoms with Gasteiger partial charge in [-0.1, -0.05) is 6.92 Å². The standard InChI is InChI=1S/C12H18F2N6O/c1-2-3-15-12-17-10-8(6-16-19-10)11(18-12)20(4-5-21)7-9(13)14/h6,9,21H,2-5,7H2,1H3,(H2,15,16,17,18,19). The number of hydrogen-bond donors (Lipinski definition) is 3. The number of halogens is 2. The van der Waals surface area contributed by atoms with Crippen molar-refractivity contribution in [3.8, 4) is 0 Å². The average molecular weight is 300 g/mol. The summed E-state index contributed by atoms with van der Waals surface area (Å²) in [6.45, 7) is 1.99. The first-order valence-corrected chi connectivity index (χ1v) is 6.74. The Hall–Kier alpha value is -2.03. The molecule has 3 N–H and O–H groups in total. The molecule has 9 heteroatoms. The van der Waals surface area contributed by atoms with Gasteiger partial charge in [0.25, 0.3) is 6.43 Å². The van der Waals surface area contributed by atoms with E-state index in [0.717, 1.165) is 6.42 Å². The topological polar surface area (TPSA) is 90.0 Å². The summed E-state index contributed by atoms with van der Waals surface area (Å²) >= 11 is 0. The Bertz CT molecular complexity index is 576. The van der Waals surface area contributed by atoms with Gasteiger partial charge in [-0.2, -0.15) is 15.1 Å². The SMILES string of the molecule is CCCNc1nc(N(CCO)CC(F)F)c2cn[nH]c2n1. The van der Waals surface area contributed by atoms with E-state index in [2.05, 4.69) is 25.5 Å². The molecule has 0 bridgehead atoms. The van der Waals surface area contributed by atoms with Crippen molar-refractivity contribution < 1.29 is 13.9 Å². The van der Waals surface area contributed by atoms with Crippen LogP contribution in [0.1, 0.15) is 13.3 Å². The van der Waals surface area contributed by atoms with E-state index in [1.165, 1.54) is 11.1 Å². The van der Waals surface area contributed by atoms with Crippen LogP contribution >= 0.6 is 0 Å². The average Bonchev–Trinajstić information content (AvgIpc) is 2.91. The third-order valence-corrected chi connectivity index (χ3v) is 2.85. The normalized spacial score (nSPS) is 11.3. The molecule has 0 aliphatic carbocycles. The molecule has 2 heterocycles. The molecule has 2 aromatic heterocycles. The van der Waals surface area contributed by atoms with E-state index in [4.69, 9.17) is 5.11 Å². The molecule has 0 amide bonds. The molecular weight excluding hydrogens is 282 g/mol. The summed E-state index contributed by atoms with van der Waals surface area (Å²) in [6.07, 6.45) is -0.151. The Labute approximate surface area is 120 Å². The van der Waals surface area contributed by atoms with Gasteiger partial charge in [0.15, 0.2) is 5.65 Å². The van der Waals surface area contributed by atoms with Crippen molar-refractivity contribution in [2.45, 2.75) is 19.8 Å². The van der Waals surface area contributed by atoms with Crippen LogP contribution in [0.3, 0.4) is 0 Å². The summed E-state index contributed by atoms with van der Waals surface area (Å²) in [4.78, 5) is 9.85. The van der Waals surface area contributed by atoms with Gasteiger partial charge in [-0.25, -0.2) is 8.78 Å². The minimum Gasteiger partial charge on any atom is -0.395 e. The maximum atomic E-state index is 12.7. The number of nitrogens with one attached hydrogen (secondary N) is 2. The van der Waals surface area contributed by atoms with Crippen LogP contribution in [0.4, 0.5) is 20.5 Å². The lowest BCUT2D eigenvalue weighted by molar-refractivity contribution is 0.152. The maximum absolute atomic E-state index is 12.7. The Morgan fingerprint density at radius 2 is 2.24 bits per heavy atom. The second kappa shape index (κ2) is 7.11. The van der Waals surface area contributed by atoms with Crippen molar-refractivity contribution in [2.75, 3.05) is 36.5 Å². The molecule has 0 spiro atoms. The van der Waals surface area contributed by atoms with Gasteiger partial charge in [0.05, 0.1) is 24.7 Å². The number of fused-ring (bicyclic) bond motifs is 1. The largest absolute Gasteiger partial charge is 0.395 e. The van der Waals surface area contributed by atoms with Gasteiger partial charge >= 0.3 is 0 Å². The van der Waals surface area contributed by atoms with Crippen LogP contribution in [0.2, 0.25) is 0 Å². The first kappa shape index (κ1) is 15.4. The third kappa shape index (κ3) is 3.75. The number of anilines is 2. The molecule has 0 radical (unpaired) electrons. The van der Waals surface area contributed by atoms with Crippen LogP contribution in [0.15, 0.2) is 6.20 Å². The van der Waals surface area contributed by atoms with Crippen molar-refractivity contribution in [1.82, 2.24) is 20.2 Å². The zero-order chi connectivity index (χ0) is 15.2. The molecule has 116 valence electrons. The van der Waals surface area contributed by atoms with Gasteiger partial charge in [-0.15, -0.1) is 0 Å². The number of aromatic amines is 1. The highest BCUT2D eigenvalue weighted by molar-refractivity contribution is 5.87. The van der Waals surface area contributed by atoms with Crippen molar-refractivity contribution in [1.29, 1.82) is 0 Å². The molecule has 0 saturated heterocycles. The van der Waals surface area contributed by atoms with E-state index in [1.54, 1.807) is 0 Å². The van der Waals surface area contributed by atoms with Crippen LogP contribution in [0, 0.1) is 0 Å². The number of hydrogen-bond acceptors (Lipinski definition) is 6. The van der Waals surface area contributed by atoms with Crippen molar-refractivity contribution >= 4 is 22.8 Å². The fourth-order valence-electron chi connectivity index (χ4n) is 1.95. The summed E-state index contributed by atoms with van der Waals surface area (Å²) in [5.41, 5.74) is 0.468.